The second-order valence-electron chi connectivity index (χ2n) is 2.96. The lowest BCUT2D eigenvalue weighted by atomic mass is 10.1. The molecule has 0 atom stereocenters. The van der Waals surface area contributed by atoms with Crippen molar-refractivity contribution in [2.75, 3.05) is 6.61 Å². The van der Waals surface area contributed by atoms with Gasteiger partial charge in [0.1, 0.15) is 6.61 Å². The molecule has 0 aromatic heterocycles. The summed E-state index contributed by atoms with van der Waals surface area (Å²) >= 11 is 0. The first-order chi connectivity index (χ1) is 6.16. The van der Waals surface area contributed by atoms with Crippen molar-refractivity contribution < 1.29 is 9.53 Å². The van der Waals surface area contributed by atoms with Gasteiger partial charge < -0.3 is 4.74 Å². The molecule has 0 saturated heterocycles. The van der Waals surface area contributed by atoms with Crippen LogP contribution >= 0.6 is 0 Å². The number of hydrogen-bond acceptors (Lipinski definition) is 2. The van der Waals surface area contributed by atoms with Crippen LogP contribution in [-0.2, 0) is 9.53 Å². The molecule has 2 nitrogen and oxygen atoms in total. The van der Waals surface area contributed by atoms with Gasteiger partial charge in [0.25, 0.3) is 0 Å². The van der Waals surface area contributed by atoms with Crippen molar-refractivity contribution in [3.63, 3.8) is 0 Å². The fourth-order valence-corrected chi connectivity index (χ4v) is 0.881. The summed E-state index contributed by atoms with van der Waals surface area (Å²) in [6.07, 6.45) is 8.21. The molecule has 0 N–H and O–H groups in total. The van der Waals surface area contributed by atoms with E-state index in [1.807, 2.05) is 26.0 Å². The first-order valence-electron chi connectivity index (χ1n) is 4.57. The quantitative estimate of drug-likeness (QED) is 0.482. The minimum absolute atomic E-state index is 0.225. The summed E-state index contributed by atoms with van der Waals surface area (Å²) in [6.45, 7) is 5.88. The highest BCUT2D eigenvalue weighted by molar-refractivity contribution is 5.66. The Morgan fingerprint density at radius 3 is 2.62 bits per heavy atom. The van der Waals surface area contributed by atoms with Crippen molar-refractivity contribution in [2.24, 2.45) is 0 Å². The summed E-state index contributed by atoms with van der Waals surface area (Å²) in [6, 6.07) is 0. The molecule has 13 heavy (non-hydrogen) atoms. The van der Waals surface area contributed by atoms with E-state index in [-0.39, 0.29) is 5.97 Å². The molecule has 0 radical (unpaired) electrons. The number of carbonyl (C=O) groups excluding carboxylic acids is 1. The summed E-state index contributed by atoms with van der Waals surface area (Å²) < 4.78 is 4.79. The van der Waals surface area contributed by atoms with Gasteiger partial charge in [0.05, 0.1) is 0 Å². The monoisotopic (exact) mass is 182 g/mol. The molecule has 0 bridgehead atoms. The van der Waals surface area contributed by atoms with Gasteiger partial charge in [0.15, 0.2) is 0 Å². The van der Waals surface area contributed by atoms with Gasteiger partial charge in [0.2, 0.25) is 0 Å². The molecule has 0 saturated carbocycles. The van der Waals surface area contributed by atoms with E-state index in [0.717, 1.165) is 12.8 Å². The number of ether oxygens (including phenoxy) is 1. The van der Waals surface area contributed by atoms with Crippen molar-refractivity contribution in [2.45, 2.75) is 33.6 Å². The lowest BCUT2D eigenvalue weighted by molar-refractivity contribution is -0.139. The molecule has 2 heteroatoms. The fourth-order valence-electron chi connectivity index (χ4n) is 0.881. The number of allylic oxidation sites excluding steroid dienone is 3. The zero-order chi connectivity index (χ0) is 10.1. The van der Waals surface area contributed by atoms with E-state index in [2.05, 4.69) is 6.08 Å². The third-order valence-electron chi connectivity index (χ3n) is 1.66. The molecule has 0 aliphatic carbocycles. The van der Waals surface area contributed by atoms with Crippen LogP contribution in [0.25, 0.3) is 0 Å². The van der Waals surface area contributed by atoms with Gasteiger partial charge in [-0.25, -0.2) is 0 Å². The molecule has 0 rings (SSSR count). The summed E-state index contributed by atoms with van der Waals surface area (Å²) in [5, 5.41) is 0. The first-order valence-corrected chi connectivity index (χ1v) is 4.57. The fraction of sp³-hybridized carbons (Fsp3) is 0.545. The highest BCUT2D eigenvalue weighted by atomic mass is 16.5. The SMILES string of the molecule is C/C=C/CC/C(C)=C/COC(C)=O. The van der Waals surface area contributed by atoms with Gasteiger partial charge in [-0.3, -0.25) is 4.79 Å². The minimum Gasteiger partial charge on any atom is -0.462 e. The zero-order valence-electron chi connectivity index (χ0n) is 8.67. The Morgan fingerprint density at radius 1 is 1.38 bits per heavy atom. The Labute approximate surface area is 80.3 Å². The first kappa shape index (κ1) is 11.9. The van der Waals surface area contributed by atoms with E-state index in [4.69, 9.17) is 4.74 Å². The third-order valence-corrected chi connectivity index (χ3v) is 1.66. The number of hydrogen-bond donors (Lipinski definition) is 0. The van der Waals surface area contributed by atoms with Crippen LogP contribution in [0.5, 0.6) is 0 Å². The van der Waals surface area contributed by atoms with Gasteiger partial charge in [-0.15, -0.1) is 0 Å². The summed E-state index contributed by atoms with van der Waals surface area (Å²) in [4.78, 5) is 10.4. The maximum absolute atomic E-state index is 10.4. The molecule has 0 aromatic rings. The van der Waals surface area contributed by atoms with Crippen LogP contribution in [0.15, 0.2) is 23.8 Å². The maximum Gasteiger partial charge on any atom is 0.302 e. The van der Waals surface area contributed by atoms with Crippen LogP contribution in [0.3, 0.4) is 0 Å². The minimum atomic E-state index is -0.225. The van der Waals surface area contributed by atoms with Gasteiger partial charge in [-0.05, 0) is 32.8 Å². The normalized spacial score (nSPS) is 12.1. The molecule has 0 amide bonds. The number of esters is 1. The average Bonchev–Trinajstić information content (AvgIpc) is 2.04. The van der Waals surface area contributed by atoms with Crippen LogP contribution in [0.2, 0.25) is 0 Å². The van der Waals surface area contributed by atoms with E-state index in [9.17, 15) is 4.79 Å². The summed E-state index contributed by atoms with van der Waals surface area (Å²) in [7, 11) is 0. The summed E-state index contributed by atoms with van der Waals surface area (Å²) in [5.41, 5.74) is 1.26. The lowest BCUT2D eigenvalue weighted by Gasteiger charge is -1.99. The molecule has 0 aliphatic rings. The number of rotatable bonds is 5. The topological polar surface area (TPSA) is 26.3 Å². The molecule has 0 aromatic carbocycles. The zero-order valence-corrected chi connectivity index (χ0v) is 8.67. The molecular formula is C11H18O2. The van der Waals surface area contributed by atoms with Crippen LogP contribution in [0.4, 0.5) is 0 Å². The molecule has 0 unspecified atom stereocenters. The van der Waals surface area contributed by atoms with E-state index >= 15 is 0 Å². The Hall–Kier alpha value is -1.05. The predicted molar refractivity (Wildman–Crippen MR) is 54.4 cm³/mol. The Balaban J connectivity index is 3.56. The Kier molecular flexibility index (Phi) is 6.98. The molecule has 0 fully saturated rings. The second-order valence-corrected chi connectivity index (χ2v) is 2.96. The number of carbonyl (C=O) groups is 1. The largest absolute Gasteiger partial charge is 0.462 e. The second kappa shape index (κ2) is 7.59. The van der Waals surface area contributed by atoms with Gasteiger partial charge in [-0.2, -0.15) is 0 Å². The molecule has 74 valence electrons. The van der Waals surface area contributed by atoms with Gasteiger partial charge in [0, 0.05) is 6.92 Å². The van der Waals surface area contributed by atoms with Crippen molar-refractivity contribution in [1.29, 1.82) is 0 Å². The predicted octanol–water partition coefficient (Wildman–Crippen LogP) is 2.85. The summed E-state index contributed by atoms with van der Waals surface area (Å²) in [5.74, 6) is -0.225. The van der Waals surface area contributed by atoms with Crippen LogP contribution in [0.1, 0.15) is 33.6 Å². The van der Waals surface area contributed by atoms with Crippen molar-refractivity contribution in [1.82, 2.24) is 0 Å². The van der Waals surface area contributed by atoms with Gasteiger partial charge >= 0.3 is 5.97 Å². The highest BCUT2D eigenvalue weighted by Crippen LogP contribution is 2.04. The van der Waals surface area contributed by atoms with E-state index in [1.54, 1.807) is 0 Å². The smallest absolute Gasteiger partial charge is 0.302 e. The molecule has 0 heterocycles. The molecule has 0 spiro atoms. The van der Waals surface area contributed by atoms with E-state index < -0.39 is 0 Å². The van der Waals surface area contributed by atoms with Crippen LogP contribution in [0, 0.1) is 0 Å². The third kappa shape index (κ3) is 8.86. The average molecular weight is 182 g/mol. The highest BCUT2D eigenvalue weighted by Gasteiger charge is 1.90. The maximum atomic E-state index is 10.4. The van der Waals surface area contributed by atoms with Crippen molar-refractivity contribution in [3.05, 3.63) is 23.8 Å². The van der Waals surface area contributed by atoms with Gasteiger partial charge in [-0.1, -0.05) is 17.7 Å². The van der Waals surface area contributed by atoms with Crippen molar-refractivity contribution >= 4 is 5.97 Å². The van der Waals surface area contributed by atoms with Crippen LogP contribution in [-0.4, -0.2) is 12.6 Å². The van der Waals surface area contributed by atoms with Crippen LogP contribution < -0.4 is 0 Å². The van der Waals surface area contributed by atoms with Crippen molar-refractivity contribution in [3.8, 4) is 0 Å². The van der Waals surface area contributed by atoms with E-state index in [1.165, 1.54) is 12.5 Å². The Bertz CT molecular complexity index is 202. The lowest BCUT2D eigenvalue weighted by Crippen LogP contribution is -1.98. The Morgan fingerprint density at radius 2 is 2.08 bits per heavy atom. The molecular weight excluding hydrogens is 164 g/mol. The molecule has 0 aliphatic heterocycles. The standard InChI is InChI=1S/C11H18O2/c1-4-5-6-7-10(2)8-9-13-11(3)12/h4-5,8H,6-7,9H2,1-3H3/b5-4+,10-8+. The van der Waals surface area contributed by atoms with E-state index in [0.29, 0.717) is 6.61 Å².